The van der Waals surface area contributed by atoms with E-state index in [9.17, 15) is 9.59 Å². The molecule has 2 heterocycles. The second-order valence-corrected chi connectivity index (χ2v) is 8.36. The van der Waals surface area contributed by atoms with Crippen LogP contribution < -0.4 is 10.2 Å². The van der Waals surface area contributed by atoms with E-state index in [4.69, 9.17) is 4.74 Å². The molecule has 4 aromatic rings. The van der Waals surface area contributed by atoms with E-state index < -0.39 is 5.97 Å². The summed E-state index contributed by atoms with van der Waals surface area (Å²) in [6.07, 6.45) is 0. The van der Waals surface area contributed by atoms with Gasteiger partial charge in [-0.05, 0) is 17.5 Å². The maximum absolute atomic E-state index is 12.3. The van der Waals surface area contributed by atoms with Gasteiger partial charge in [0.15, 0.2) is 11.7 Å². The first kappa shape index (κ1) is 18.4. The molecule has 6 nitrogen and oxygen atoms in total. The average Bonchev–Trinajstić information content (AvgIpc) is 3.26. The monoisotopic (exact) mass is 411 g/mol. The largest absolute Gasteiger partial charge is 0.451 e. The van der Waals surface area contributed by atoms with Crippen LogP contribution in [0.2, 0.25) is 0 Å². The number of thiazole rings is 1. The van der Waals surface area contributed by atoms with Crippen LogP contribution in [0.4, 0.5) is 10.8 Å². The highest BCUT2D eigenvalue weighted by molar-refractivity contribution is 7.29. The molecule has 4 rings (SSSR count). The number of nitrogens with one attached hydrogen (secondary N) is 1. The van der Waals surface area contributed by atoms with Gasteiger partial charge in [0, 0.05) is 25.2 Å². The summed E-state index contributed by atoms with van der Waals surface area (Å²) in [6.45, 7) is -0.343. The number of nitrogens with zero attached hydrogens (tertiary/aromatic N) is 2. The Labute approximate surface area is 169 Å². The number of esters is 1. The molecule has 0 unspecified atom stereocenters. The van der Waals surface area contributed by atoms with Gasteiger partial charge in [0.1, 0.15) is 9.71 Å². The number of carbonyl (C=O) groups is 2. The highest BCUT2D eigenvalue weighted by atomic mass is 32.1. The summed E-state index contributed by atoms with van der Waals surface area (Å²) in [5.41, 5.74) is 0.691. The zero-order chi connectivity index (χ0) is 19.7. The fraction of sp³-hybridized carbons (Fsp3) is 0.150. The molecule has 0 saturated heterocycles. The van der Waals surface area contributed by atoms with Gasteiger partial charge in [0.2, 0.25) is 0 Å². The fourth-order valence-corrected chi connectivity index (χ4v) is 4.77. The molecule has 28 heavy (non-hydrogen) atoms. The number of hydrogen-bond donors (Lipinski definition) is 1. The minimum absolute atomic E-state index is 0.343. The standard InChI is InChI=1S/C20H17N3O3S2/c1-23(2)20-22-18-15(28-20)10-16(27-18)19(25)26-11-17(24)21-14-9-5-7-12-6-3-4-8-13(12)14/h3-10H,11H2,1-2H3,(H,21,24). The highest BCUT2D eigenvalue weighted by Gasteiger charge is 2.17. The minimum Gasteiger partial charge on any atom is -0.451 e. The second-order valence-electron chi connectivity index (χ2n) is 6.32. The molecule has 0 atom stereocenters. The zero-order valence-corrected chi connectivity index (χ0v) is 16.9. The van der Waals surface area contributed by atoms with Gasteiger partial charge in [-0.15, -0.1) is 11.3 Å². The third kappa shape index (κ3) is 3.69. The van der Waals surface area contributed by atoms with Gasteiger partial charge in [-0.3, -0.25) is 4.79 Å². The smallest absolute Gasteiger partial charge is 0.348 e. The Kier molecular flexibility index (Phi) is 4.97. The molecule has 1 N–H and O–H groups in total. The molecular weight excluding hydrogens is 394 g/mol. The lowest BCUT2D eigenvalue weighted by atomic mass is 10.1. The van der Waals surface area contributed by atoms with Gasteiger partial charge in [-0.2, -0.15) is 0 Å². The van der Waals surface area contributed by atoms with E-state index in [0.717, 1.165) is 25.4 Å². The van der Waals surface area contributed by atoms with Crippen molar-refractivity contribution >= 4 is 65.7 Å². The van der Waals surface area contributed by atoms with E-state index in [2.05, 4.69) is 10.3 Å². The Morgan fingerprint density at radius 2 is 1.89 bits per heavy atom. The first-order valence-corrected chi connectivity index (χ1v) is 10.2. The maximum atomic E-state index is 12.3. The van der Waals surface area contributed by atoms with Crippen LogP contribution in [0.5, 0.6) is 0 Å². The Hall–Kier alpha value is -2.97. The number of aromatic nitrogens is 1. The molecule has 0 saturated carbocycles. The first-order chi connectivity index (χ1) is 13.5. The van der Waals surface area contributed by atoms with Crippen LogP contribution in [0, 0.1) is 0 Å². The summed E-state index contributed by atoms with van der Waals surface area (Å²) in [5.74, 6) is -0.897. The summed E-state index contributed by atoms with van der Waals surface area (Å²) in [6, 6.07) is 15.2. The predicted octanol–water partition coefficient (Wildman–Crippen LogP) is 4.37. The predicted molar refractivity (Wildman–Crippen MR) is 115 cm³/mol. The molecule has 142 valence electrons. The molecule has 0 aliphatic rings. The summed E-state index contributed by atoms with van der Waals surface area (Å²) in [7, 11) is 3.85. The summed E-state index contributed by atoms with van der Waals surface area (Å²) < 4.78 is 6.11. The van der Waals surface area contributed by atoms with E-state index in [0.29, 0.717) is 10.6 Å². The van der Waals surface area contributed by atoms with Crippen molar-refractivity contribution in [3.05, 3.63) is 53.4 Å². The molecule has 0 fully saturated rings. The first-order valence-electron chi connectivity index (χ1n) is 8.54. The van der Waals surface area contributed by atoms with Crippen molar-refractivity contribution in [2.75, 3.05) is 30.9 Å². The van der Waals surface area contributed by atoms with Gasteiger partial charge in [0.05, 0.1) is 4.70 Å². The highest BCUT2D eigenvalue weighted by Crippen LogP contribution is 2.34. The number of benzene rings is 2. The third-order valence-electron chi connectivity index (χ3n) is 4.06. The molecule has 1 amide bonds. The van der Waals surface area contributed by atoms with Crippen molar-refractivity contribution in [3.63, 3.8) is 0 Å². The topological polar surface area (TPSA) is 71.5 Å². The van der Waals surface area contributed by atoms with Gasteiger partial charge in [-0.25, -0.2) is 9.78 Å². The van der Waals surface area contributed by atoms with Crippen LogP contribution in [0.1, 0.15) is 9.67 Å². The van der Waals surface area contributed by atoms with E-state index in [1.165, 1.54) is 22.7 Å². The molecule has 0 aliphatic carbocycles. The molecule has 0 spiro atoms. The number of anilines is 2. The molecule has 2 aromatic carbocycles. The number of amides is 1. The van der Waals surface area contributed by atoms with Crippen LogP contribution in [0.25, 0.3) is 20.3 Å². The molecule has 0 aliphatic heterocycles. The third-order valence-corrected chi connectivity index (χ3v) is 6.37. The van der Waals surface area contributed by atoms with Crippen molar-refractivity contribution in [1.82, 2.24) is 4.98 Å². The lowest BCUT2D eigenvalue weighted by Crippen LogP contribution is -2.20. The quantitative estimate of drug-likeness (QED) is 0.494. The summed E-state index contributed by atoms with van der Waals surface area (Å²) >= 11 is 2.78. The number of hydrogen-bond acceptors (Lipinski definition) is 7. The lowest BCUT2D eigenvalue weighted by Gasteiger charge is -2.09. The van der Waals surface area contributed by atoms with Crippen LogP contribution in [0.3, 0.4) is 0 Å². The van der Waals surface area contributed by atoms with Crippen LogP contribution in [-0.2, 0) is 9.53 Å². The number of carbonyl (C=O) groups excluding carboxylic acids is 2. The van der Waals surface area contributed by atoms with Crippen LogP contribution in [0.15, 0.2) is 48.5 Å². The van der Waals surface area contributed by atoms with Gasteiger partial charge < -0.3 is 15.0 Å². The molecular formula is C20H17N3O3S2. The van der Waals surface area contributed by atoms with Gasteiger partial charge >= 0.3 is 5.97 Å². The van der Waals surface area contributed by atoms with E-state index >= 15 is 0 Å². The Morgan fingerprint density at radius 3 is 2.68 bits per heavy atom. The number of fused-ring (bicyclic) bond motifs is 2. The lowest BCUT2D eigenvalue weighted by molar-refractivity contribution is -0.119. The van der Waals surface area contributed by atoms with Crippen molar-refractivity contribution < 1.29 is 14.3 Å². The maximum Gasteiger partial charge on any atom is 0.348 e. The van der Waals surface area contributed by atoms with E-state index in [1.807, 2.05) is 61.5 Å². The SMILES string of the molecule is CN(C)c1nc2sc(C(=O)OCC(=O)Nc3cccc4ccccc34)cc2s1. The van der Waals surface area contributed by atoms with E-state index in [1.54, 1.807) is 6.07 Å². The van der Waals surface area contributed by atoms with Gasteiger partial charge in [-0.1, -0.05) is 47.7 Å². The zero-order valence-electron chi connectivity index (χ0n) is 15.3. The summed E-state index contributed by atoms with van der Waals surface area (Å²) in [4.78, 5) is 32.1. The Bertz CT molecular complexity index is 1140. The molecule has 0 radical (unpaired) electrons. The fourth-order valence-electron chi connectivity index (χ4n) is 2.74. The molecule has 2 aromatic heterocycles. The normalized spacial score (nSPS) is 10.9. The Balaban J connectivity index is 1.40. The Morgan fingerprint density at radius 1 is 1.11 bits per heavy atom. The van der Waals surface area contributed by atoms with Crippen LogP contribution in [-0.4, -0.2) is 37.6 Å². The van der Waals surface area contributed by atoms with Crippen molar-refractivity contribution in [2.24, 2.45) is 0 Å². The number of rotatable bonds is 5. The van der Waals surface area contributed by atoms with Crippen molar-refractivity contribution in [2.45, 2.75) is 0 Å². The van der Waals surface area contributed by atoms with Crippen molar-refractivity contribution in [1.29, 1.82) is 0 Å². The van der Waals surface area contributed by atoms with Crippen molar-refractivity contribution in [3.8, 4) is 0 Å². The van der Waals surface area contributed by atoms with Gasteiger partial charge in [0.25, 0.3) is 5.91 Å². The van der Waals surface area contributed by atoms with Crippen LogP contribution >= 0.6 is 22.7 Å². The molecule has 8 heteroatoms. The second kappa shape index (κ2) is 7.57. The number of thiophene rings is 1. The summed E-state index contributed by atoms with van der Waals surface area (Å²) in [5, 5.41) is 5.65. The minimum atomic E-state index is -0.519. The van der Waals surface area contributed by atoms with E-state index in [-0.39, 0.29) is 12.5 Å². The number of ether oxygens (including phenoxy) is 1. The average molecular weight is 412 g/mol. The molecule has 0 bridgehead atoms.